The molecule has 0 radical (unpaired) electrons. The standard InChI is InChI=1S/C13H13NO2/c1-2-11-3-5-12(6-4-11)13(15)14-7-9-16-10-8-14/h1,3-6H,7-10H2. The molecule has 3 heteroatoms. The van der Waals surface area contributed by atoms with Crippen LogP contribution in [0.5, 0.6) is 0 Å². The Labute approximate surface area is 95.0 Å². The Kier molecular flexibility index (Phi) is 3.23. The molecule has 1 amide bonds. The first kappa shape index (κ1) is 10.7. The van der Waals surface area contributed by atoms with E-state index < -0.39 is 0 Å². The molecule has 0 saturated carbocycles. The predicted molar refractivity (Wildman–Crippen MR) is 61.1 cm³/mol. The zero-order chi connectivity index (χ0) is 11.4. The summed E-state index contributed by atoms with van der Waals surface area (Å²) in [5.74, 6) is 2.58. The number of benzene rings is 1. The molecule has 1 fully saturated rings. The van der Waals surface area contributed by atoms with E-state index in [0.29, 0.717) is 31.9 Å². The fraction of sp³-hybridized carbons (Fsp3) is 0.308. The van der Waals surface area contributed by atoms with Crippen LogP contribution in [0.4, 0.5) is 0 Å². The van der Waals surface area contributed by atoms with Gasteiger partial charge in [-0.15, -0.1) is 6.42 Å². The molecule has 1 aliphatic heterocycles. The van der Waals surface area contributed by atoms with Gasteiger partial charge in [-0.25, -0.2) is 0 Å². The summed E-state index contributed by atoms with van der Waals surface area (Å²) in [7, 11) is 0. The number of carbonyl (C=O) groups excluding carboxylic acids is 1. The molecule has 0 unspecified atom stereocenters. The zero-order valence-electron chi connectivity index (χ0n) is 8.98. The molecule has 0 bridgehead atoms. The molecular weight excluding hydrogens is 202 g/mol. The third-order valence-corrected chi connectivity index (χ3v) is 2.60. The summed E-state index contributed by atoms with van der Waals surface area (Å²) in [5, 5.41) is 0. The Morgan fingerprint density at radius 2 is 1.88 bits per heavy atom. The maximum Gasteiger partial charge on any atom is 0.254 e. The van der Waals surface area contributed by atoms with Crippen molar-refractivity contribution in [3.05, 3.63) is 35.4 Å². The Morgan fingerprint density at radius 1 is 1.25 bits per heavy atom. The SMILES string of the molecule is C#Cc1ccc(C(=O)N2CCOCC2)cc1. The van der Waals surface area contributed by atoms with Gasteiger partial charge in [-0.1, -0.05) is 5.92 Å². The van der Waals surface area contributed by atoms with Gasteiger partial charge in [0.05, 0.1) is 13.2 Å². The average Bonchev–Trinajstić information content (AvgIpc) is 2.39. The van der Waals surface area contributed by atoms with Gasteiger partial charge < -0.3 is 9.64 Å². The van der Waals surface area contributed by atoms with E-state index in [1.165, 1.54) is 0 Å². The molecule has 0 N–H and O–H groups in total. The summed E-state index contributed by atoms with van der Waals surface area (Å²) in [6.45, 7) is 2.56. The minimum atomic E-state index is 0.0480. The largest absolute Gasteiger partial charge is 0.378 e. The van der Waals surface area contributed by atoms with Gasteiger partial charge in [0.1, 0.15) is 0 Å². The molecule has 3 nitrogen and oxygen atoms in total. The lowest BCUT2D eigenvalue weighted by atomic mass is 10.1. The second kappa shape index (κ2) is 4.82. The third-order valence-electron chi connectivity index (χ3n) is 2.60. The minimum Gasteiger partial charge on any atom is -0.378 e. The van der Waals surface area contributed by atoms with E-state index in [0.717, 1.165) is 5.56 Å². The van der Waals surface area contributed by atoms with Crippen LogP contribution in [0, 0.1) is 12.3 Å². The van der Waals surface area contributed by atoms with Crippen LogP contribution in [-0.4, -0.2) is 37.1 Å². The van der Waals surface area contributed by atoms with Crippen molar-refractivity contribution in [3.8, 4) is 12.3 Å². The van der Waals surface area contributed by atoms with Gasteiger partial charge in [0.25, 0.3) is 5.91 Å². The van der Waals surface area contributed by atoms with E-state index in [4.69, 9.17) is 11.2 Å². The summed E-state index contributed by atoms with van der Waals surface area (Å²) in [6.07, 6.45) is 5.26. The van der Waals surface area contributed by atoms with Gasteiger partial charge in [-0.3, -0.25) is 4.79 Å². The highest BCUT2D eigenvalue weighted by Gasteiger charge is 2.17. The first-order chi connectivity index (χ1) is 7.81. The molecule has 2 rings (SSSR count). The number of nitrogens with zero attached hydrogens (tertiary/aromatic N) is 1. The zero-order valence-corrected chi connectivity index (χ0v) is 8.98. The van der Waals surface area contributed by atoms with Crippen molar-refractivity contribution >= 4 is 5.91 Å². The predicted octanol–water partition coefficient (Wildman–Crippen LogP) is 1.14. The van der Waals surface area contributed by atoms with Gasteiger partial charge in [-0.2, -0.15) is 0 Å². The molecule has 82 valence electrons. The number of terminal acetylenes is 1. The lowest BCUT2D eigenvalue weighted by molar-refractivity contribution is 0.0303. The molecule has 0 atom stereocenters. The lowest BCUT2D eigenvalue weighted by Crippen LogP contribution is -2.40. The van der Waals surface area contributed by atoms with Crippen molar-refractivity contribution in [2.45, 2.75) is 0 Å². The number of hydrogen-bond donors (Lipinski definition) is 0. The van der Waals surface area contributed by atoms with Crippen LogP contribution in [0.2, 0.25) is 0 Å². The molecule has 1 aromatic rings. The fourth-order valence-electron chi connectivity index (χ4n) is 1.66. The van der Waals surface area contributed by atoms with Crippen molar-refractivity contribution in [1.29, 1.82) is 0 Å². The van der Waals surface area contributed by atoms with Crippen LogP contribution >= 0.6 is 0 Å². The number of morpholine rings is 1. The molecule has 16 heavy (non-hydrogen) atoms. The van der Waals surface area contributed by atoms with Crippen LogP contribution in [0.3, 0.4) is 0 Å². The van der Waals surface area contributed by atoms with Crippen LogP contribution in [0.25, 0.3) is 0 Å². The van der Waals surface area contributed by atoms with Crippen molar-refractivity contribution in [1.82, 2.24) is 4.90 Å². The molecule has 0 spiro atoms. The lowest BCUT2D eigenvalue weighted by Gasteiger charge is -2.26. The highest BCUT2D eigenvalue weighted by Crippen LogP contribution is 2.08. The van der Waals surface area contributed by atoms with E-state index in [1.54, 1.807) is 29.2 Å². The van der Waals surface area contributed by atoms with Crippen molar-refractivity contribution < 1.29 is 9.53 Å². The van der Waals surface area contributed by atoms with Crippen LogP contribution < -0.4 is 0 Å². The van der Waals surface area contributed by atoms with Gasteiger partial charge in [-0.05, 0) is 24.3 Å². The molecule has 1 aromatic carbocycles. The van der Waals surface area contributed by atoms with E-state index in [1.807, 2.05) is 0 Å². The smallest absolute Gasteiger partial charge is 0.254 e. The summed E-state index contributed by atoms with van der Waals surface area (Å²) in [5.41, 5.74) is 1.47. The molecule has 1 aliphatic rings. The second-order valence-corrected chi connectivity index (χ2v) is 3.63. The van der Waals surface area contributed by atoms with Crippen molar-refractivity contribution in [2.75, 3.05) is 26.3 Å². The number of amides is 1. The topological polar surface area (TPSA) is 29.5 Å². The number of hydrogen-bond acceptors (Lipinski definition) is 2. The fourth-order valence-corrected chi connectivity index (χ4v) is 1.66. The summed E-state index contributed by atoms with van der Waals surface area (Å²) < 4.78 is 5.20. The highest BCUT2D eigenvalue weighted by atomic mass is 16.5. The summed E-state index contributed by atoms with van der Waals surface area (Å²) in [6, 6.07) is 7.11. The number of carbonyl (C=O) groups is 1. The molecule has 1 saturated heterocycles. The third kappa shape index (κ3) is 2.23. The van der Waals surface area contributed by atoms with Crippen LogP contribution in [0.15, 0.2) is 24.3 Å². The summed E-state index contributed by atoms with van der Waals surface area (Å²) in [4.78, 5) is 13.8. The second-order valence-electron chi connectivity index (χ2n) is 3.63. The Morgan fingerprint density at radius 3 is 2.44 bits per heavy atom. The molecular formula is C13H13NO2. The quantitative estimate of drug-likeness (QED) is 0.657. The van der Waals surface area contributed by atoms with E-state index >= 15 is 0 Å². The highest BCUT2D eigenvalue weighted by molar-refractivity contribution is 5.94. The Bertz CT molecular complexity index is 411. The van der Waals surface area contributed by atoms with E-state index in [2.05, 4.69) is 5.92 Å². The average molecular weight is 215 g/mol. The van der Waals surface area contributed by atoms with Crippen LogP contribution in [0.1, 0.15) is 15.9 Å². The van der Waals surface area contributed by atoms with E-state index in [-0.39, 0.29) is 5.91 Å². The maximum absolute atomic E-state index is 12.0. The number of rotatable bonds is 1. The molecule has 0 aromatic heterocycles. The van der Waals surface area contributed by atoms with E-state index in [9.17, 15) is 4.79 Å². The summed E-state index contributed by atoms with van der Waals surface area (Å²) >= 11 is 0. The Balaban J connectivity index is 2.11. The minimum absolute atomic E-state index is 0.0480. The van der Waals surface area contributed by atoms with Crippen LogP contribution in [-0.2, 0) is 4.74 Å². The Hall–Kier alpha value is -1.79. The van der Waals surface area contributed by atoms with Crippen molar-refractivity contribution in [2.24, 2.45) is 0 Å². The normalized spacial score (nSPS) is 15.6. The molecule has 0 aliphatic carbocycles. The maximum atomic E-state index is 12.0. The first-order valence-corrected chi connectivity index (χ1v) is 5.25. The van der Waals surface area contributed by atoms with Gasteiger partial charge in [0.15, 0.2) is 0 Å². The molecule has 1 heterocycles. The number of ether oxygens (including phenoxy) is 1. The van der Waals surface area contributed by atoms with Gasteiger partial charge in [0.2, 0.25) is 0 Å². The van der Waals surface area contributed by atoms with Gasteiger partial charge in [0, 0.05) is 24.2 Å². The van der Waals surface area contributed by atoms with Crippen molar-refractivity contribution in [3.63, 3.8) is 0 Å². The van der Waals surface area contributed by atoms with Gasteiger partial charge >= 0.3 is 0 Å². The monoisotopic (exact) mass is 215 g/mol. The first-order valence-electron chi connectivity index (χ1n) is 5.25.